The van der Waals surface area contributed by atoms with Crippen LogP contribution in [0.25, 0.3) is 11.3 Å². The van der Waals surface area contributed by atoms with Crippen LogP contribution in [0, 0.1) is 0 Å². The molecule has 0 aliphatic carbocycles. The molecule has 0 bridgehead atoms. The van der Waals surface area contributed by atoms with Crippen molar-refractivity contribution in [2.45, 2.75) is 12.6 Å². The smallest absolute Gasteiger partial charge is 0.222 e. The van der Waals surface area contributed by atoms with E-state index in [1.54, 1.807) is 30.0 Å². The molecule has 0 aliphatic heterocycles. The first-order chi connectivity index (χ1) is 16.5. The summed E-state index contributed by atoms with van der Waals surface area (Å²) in [6, 6.07) is 17.2. The van der Waals surface area contributed by atoms with Gasteiger partial charge in [-0.25, -0.2) is 4.68 Å². The number of aryl methyl sites for hydroxylation is 1. The predicted octanol–water partition coefficient (Wildman–Crippen LogP) is 4.54. The van der Waals surface area contributed by atoms with Crippen LogP contribution in [0.1, 0.15) is 5.56 Å². The van der Waals surface area contributed by atoms with Crippen LogP contribution in [-0.4, -0.2) is 65.9 Å². The Hall–Kier alpha value is -2.68. The van der Waals surface area contributed by atoms with Crippen LogP contribution in [0.4, 0.5) is 0 Å². The molecule has 1 aromatic heterocycles. The van der Waals surface area contributed by atoms with Crippen LogP contribution in [-0.2, 0) is 23.1 Å². The first kappa shape index (κ1) is 25.9. The zero-order chi connectivity index (χ0) is 24.3. The van der Waals surface area contributed by atoms with E-state index in [1.165, 1.54) is 0 Å². The van der Waals surface area contributed by atoms with Gasteiger partial charge in [-0.1, -0.05) is 48.0 Å². The third kappa shape index (κ3) is 7.41. The van der Waals surface area contributed by atoms with Crippen LogP contribution in [0.15, 0.2) is 67.3 Å². The maximum atomic E-state index is 10.5. The Balaban J connectivity index is 1.92. The van der Waals surface area contributed by atoms with Crippen molar-refractivity contribution in [2.24, 2.45) is 7.05 Å². The maximum Gasteiger partial charge on any atom is 0.222 e. The van der Waals surface area contributed by atoms with Crippen molar-refractivity contribution in [3.63, 3.8) is 0 Å². The summed E-state index contributed by atoms with van der Waals surface area (Å²) in [7, 11) is 3.52. The molecule has 182 valence electrons. The molecule has 0 spiro atoms. The molecule has 1 atom stereocenters. The number of halogens is 1. The molecule has 34 heavy (non-hydrogen) atoms. The lowest BCUT2D eigenvalue weighted by molar-refractivity contribution is 0.0193. The molecule has 0 amide bonds. The molecule has 7 nitrogen and oxygen atoms in total. The van der Waals surface area contributed by atoms with Gasteiger partial charge >= 0.3 is 0 Å². The van der Waals surface area contributed by atoms with Crippen LogP contribution < -0.4 is 4.74 Å². The number of hydrogen-bond acceptors (Lipinski definition) is 6. The Kier molecular flexibility index (Phi) is 10.1. The second-order valence-electron chi connectivity index (χ2n) is 7.89. The SMILES string of the molecule is C=CCOC[C@@H](O)CN(CCOC)Cc1c(-c2ccccc2)nn(C)c1Oc1ccc(Cl)cc1. The van der Waals surface area contributed by atoms with E-state index in [4.69, 9.17) is 30.9 Å². The molecular formula is C26H32ClN3O4. The van der Waals surface area contributed by atoms with Gasteiger partial charge in [0.25, 0.3) is 0 Å². The Morgan fingerprint density at radius 2 is 1.91 bits per heavy atom. The van der Waals surface area contributed by atoms with Crippen molar-refractivity contribution in [1.82, 2.24) is 14.7 Å². The molecule has 0 radical (unpaired) electrons. The van der Waals surface area contributed by atoms with Crippen LogP contribution in [0.2, 0.25) is 5.02 Å². The van der Waals surface area contributed by atoms with Gasteiger partial charge in [-0.15, -0.1) is 6.58 Å². The lowest BCUT2D eigenvalue weighted by Crippen LogP contribution is -2.36. The average Bonchev–Trinajstić information content (AvgIpc) is 3.14. The van der Waals surface area contributed by atoms with Gasteiger partial charge in [0, 0.05) is 44.4 Å². The van der Waals surface area contributed by atoms with Crippen molar-refractivity contribution >= 4 is 11.6 Å². The van der Waals surface area contributed by atoms with Gasteiger partial charge in [0.2, 0.25) is 5.88 Å². The molecule has 1 N–H and O–H groups in total. The number of hydrogen-bond donors (Lipinski definition) is 1. The van der Waals surface area contributed by atoms with Gasteiger partial charge in [0.05, 0.1) is 31.5 Å². The highest BCUT2D eigenvalue weighted by atomic mass is 35.5. The second kappa shape index (κ2) is 13.3. The number of benzene rings is 2. The third-order valence-corrected chi connectivity index (χ3v) is 5.42. The number of ether oxygens (including phenoxy) is 3. The summed E-state index contributed by atoms with van der Waals surface area (Å²) in [5.74, 6) is 1.29. The fourth-order valence-corrected chi connectivity index (χ4v) is 3.71. The summed E-state index contributed by atoms with van der Waals surface area (Å²) in [4.78, 5) is 2.11. The second-order valence-corrected chi connectivity index (χ2v) is 8.32. The first-order valence-corrected chi connectivity index (χ1v) is 11.5. The van der Waals surface area contributed by atoms with E-state index in [0.717, 1.165) is 16.8 Å². The fraction of sp³-hybridized carbons (Fsp3) is 0.346. The molecule has 8 heteroatoms. The standard InChI is InChI=1S/C26H32ClN3O4/c1-4-15-33-19-22(31)17-30(14-16-32-3)18-24-25(20-8-6-5-7-9-20)28-29(2)26(24)34-23-12-10-21(27)11-13-23/h4-13,22,31H,1,14-19H2,2-3H3/t22-/m0/s1. The number of rotatable bonds is 14. The van der Waals surface area contributed by atoms with E-state index in [0.29, 0.717) is 49.5 Å². The van der Waals surface area contributed by atoms with Crippen molar-refractivity contribution in [3.8, 4) is 22.9 Å². The van der Waals surface area contributed by atoms with E-state index in [9.17, 15) is 5.11 Å². The molecule has 0 fully saturated rings. The van der Waals surface area contributed by atoms with Crippen molar-refractivity contribution < 1.29 is 19.3 Å². The van der Waals surface area contributed by atoms with Gasteiger partial charge in [0.1, 0.15) is 11.4 Å². The largest absolute Gasteiger partial charge is 0.439 e. The minimum absolute atomic E-state index is 0.224. The molecule has 1 heterocycles. The van der Waals surface area contributed by atoms with Crippen LogP contribution in [0.3, 0.4) is 0 Å². The normalized spacial score (nSPS) is 12.1. The Morgan fingerprint density at radius 3 is 2.59 bits per heavy atom. The van der Waals surface area contributed by atoms with E-state index in [-0.39, 0.29) is 6.61 Å². The van der Waals surface area contributed by atoms with E-state index >= 15 is 0 Å². The lowest BCUT2D eigenvalue weighted by Gasteiger charge is -2.25. The highest BCUT2D eigenvalue weighted by Crippen LogP contribution is 2.34. The Morgan fingerprint density at radius 1 is 1.18 bits per heavy atom. The summed E-state index contributed by atoms with van der Waals surface area (Å²) >= 11 is 6.04. The molecule has 0 aliphatic rings. The number of nitrogens with zero attached hydrogens (tertiary/aromatic N) is 3. The van der Waals surface area contributed by atoms with Gasteiger partial charge in [0.15, 0.2) is 0 Å². The van der Waals surface area contributed by atoms with Gasteiger partial charge in [-0.05, 0) is 24.3 Å². The summed E-state index contributed by atoms with van der Waals surface area (Å²) < 4.78 is 18.8. The van der Waals surface area contributed by atoms with Crippen LogP contribution >= 0.6 is 11.6 Å². The van der Waals surface area contributed by atoms with Gasteiger partial charge < -0.3 is 19.3 Å². The molecule has 0 saturated heterocycles. The quantitative estimate of drug-likeness (QED) is 0.267. The van der Waals surface area contributed by atoms with Crippen molar-refractivity contribution in [3.05, 3.63) is 77.8 Å². The topological polar surface area (TPSA) is 69.0 Å². The number of methoxy groups -OCH3 is 1. The van der Waals surface area contributed by atoms with E-state index in [2.05, 4.69) is 11.5 Å². The molecular weight excluding hydrogens is 454 g/mol. The molecule has 3 aromatic rings. The molecule has 0 saturated carbocycles. The Labute approximate surface area is 206 Å². The minimum atomic E-state index is -0.658. The van der Waals surface area contributed by atoms with Gasteiger partial charge in [-0.2, -0.15) is 5.10 Å². The average molecular weight is 486 g/mol. The molecule has 3 rings (SSSR count). The number of aromatic nitrogens is 2. The zero-order valence-electron chi connectivity index (χ0n) is 19.7. The fourth-order valence-electron chi connectivity index (χ4n) is 3.58. The Bertz CT molecular complexity index is 1020. The molecule has 2 aromatic carbocycles. The van der Waals surface area contributed by atoms with Crippen molar-refractivity contribution in [2.75, 3.05) is 40.0 Å². The summed E-state index contributed by atoms with van der Waals surface area (Å²) in [6.07, 6.45) is 1.01. The summed E-state index contributed by atoms with van der Waals surface area (Å²) in [5.41, 5.74) is 2.73. The number of aliphatic hydroxyl groups excluding tert-OH is 1. The summed E-state index contributed by atoms with van der Waals surface area (Å²) in [5, 5.41) is 16.0. The number of aliphatic hydroxyl groups is 1. The van der Waals surface area contributed by atoms with E-state index in [1.807, 2.05) is 49.5 Å². The maximum absolute atomic E-state index is 10.5. The first-order valence-electron chi connectivity index (χ1n) is 11.1. The highest BCUT2D eigenvalue weighted by molar-refractivity contribution is 6.30. The summed E-state index contributed by atoms with van der Waals surface area (Å²) in [6.45, 7) is 6.32. The molecule has 0 unspecified atom stereocenters. The zero-order valence-corrected chi connectivity index (χ0v) is 20.4. The van der Waals surface area contributed by atoms with Gasteiger partial charge in [-0.3, -0.25) is 4.90 Å². The highest BCUT2D eigenvalue weighted by Gasteiger charge is 2.23. The predicted molar refractivity (Wildman–Crippen MR) is 134 cm³/mol. The minimum Gasteiger partial charge on any atom is -0.439 e. The monoisotopic (exact) mass is 485 g/mol. The lowest BCUT2D eigenvalue weighted by atomic mass is 10.1. The van der Waals surface area contributed by atoms with E-state index < -0.39 is 6.10 Å². The van der Waals surface area contributed by atoms with Crippen molar-refractivity contribution in [1.29, 1.82) is 0 Å². The van der Waals surface area contributed by atoms with Crippen LogP contribution in [0.5, 0.6) is 11.6 Å². The third-order valence-electron chi connectivity index (χ3n) is 5.17.